The second kappa shape index (κ2) is 7.21. The zero-order valence-electron chi connectivity index (χ0n) is 13.0. The van der Waals surface area contributed by atoms with E-state index in [4.69, 9.17) is 10.5 Å². The lowest BCUT2D eigenvalue weighted by Crippen LogP contribution is -2.52. The van der Waals surface area contributed by atoms with E-state index in [9.17, 15) is 0 Å². The molecule has 3 nitrogen and oxygen atoms in total. The van der Waals surface area contributed by atoms with Crippen molar-refractivity contribution in [3.8, 4) is 0 Å². The van der Waals surface area contributed by atoms with Crippen molar-refractivity contribution in [3.63, 3.8) is 0 Å². The summed E-state index contributed by atoms with van der Waals surface area (Å²) < 4.78 is 5.63. The van der Waals surface area contributed by atoms with Crippen LogP contribution in [-0.4, -0.2) is 43.8 Å². The fourth-order valence-corrected chi connectivity index (χ4v) is 3.31. The maximum Gasteiger partial charge on any atom is 0.0724 e. The van der Waals surface area contributed by atoms with Gasteiger partial charge in [0, 0.05) is 26.2 Å². The van der Waals surface area contributed by atoms with Gasteiger partial charge in [0.15, 0.2) is 0 Å². The summed E-state index contributed by atoms with van der Waals surface area (Å²) in [5, 5.41) is 0. The maximum atomic E-state index is 6.08. The summed E-state index contributed by atoms with van der Waals surface area (Å²) >= 11 is 0. The van der Waals surface area contributed by atoms with Crippen LogP contribution < -0.4 is 5.73 Å². The van der Waals surface area contributed by atoms with Crippen molar-refractivity contribution in [2.24, 2.45) is 11.7 Å². The summed E-state index contributed by atoms with van der Waals surface area (Å²) in [4.78, 5) is 2.52. The van der Waals surface area contributed by atoms with E-state index in [1.165, 1.54) is 12.0 Å². The highest BCUT2D eigenvalue weighted by molar-refractivity contribution is 5.20. The SMILES string of the molecule is COC1CN(C(CN)C(C)c2ccccc2)CCC1C. The molecule has 1 aromatic rings. The van der Waals surface area contributed by atoms with Crippen LogP contribution in [0.4, 0.5) is 0 Å². The van der Waals surface area contributed by atoms with E-state index in [1.54, 1.807) is 0 Å². The van der Waals surface area contributed by atoms with Crippen LogP contribution in [0.25, 0.3) is 0 Å². The molecule has 1 saturated heterocycles. The normalized spacial score (nSPS) is 27.2. The van der Waals surface area contributed by atoms with Gasteiger partial charge in [0.25, 0.3) is 0 Å². The Morgan fingerprint density at radius 3 is 2.65 bits per heavy atom. The zero-order chi connectivity index (χ0) is 14.5. The third-order valence-electron chi connectivity index (χ3n) is 4.84. The predicted octanol–water partition coefficient (Wildman–Crippen LogP) is 2.47. The fourth-order valence-electron chi connectivity index (χ4n) is 3.31. The monoisotopic (exact) mass is 276 g/mol. The van der Waals surface area contributed by atoms with E-state index in [0.29, 0.717) is 30.5 Å². The number of methoxy groups -OCH3 is 1. The molecule has 1 heterocycles. The van der Waals surface area contributed by atoms with Gasteiger partial charge in [-0.15, -0.1) is 0 Å². The number of likely N-dealkylation sites (tertiary alicyclic amines) is 1. The summed E-state index contributed by atoms with van der Waals surface area (Å²) in [6.07, 6.45) is 1.53. The number of nitrogens with zero attached hydrogens (tertiary/aromatic N) is 1. The van der Waals surface area contributed by atoms with E-state index in [2.05, 4.69) is 49.1 Å². The van der Waals surface area contributed by atoms with Gasteiger partial charge < -0.3 is 10.5 Å². The van der Waals surface area contributed by atoms with Crippen LogP contribution in [0.1, 0.15) is 31.7 Å². The van der Waals surface area contributed by atoms with Crippen LogP contribution in [0.3, 0.4) is 0 Å². The molecule has 2 N–H and O–H groups in total. The highest BCUT2D eigenvalue weighted by atomic mass is 16.5. The minimum atomic E-state index is 0.334. The number of piperidine rings is 1. The topological polar surface area (TPSA) is 38.5 Å². The van der Waals surface area contributed by atoms with Gasteiger partial charge in [0.2, 0.25) is 0 Å². The molecule has 0 aromatic heterocycles. The van der Waals surface area contributed by atoms with Crippen LogP contribution in [0.5, 0.6) is 0 Å². The molecule has 20 heavy (non-hydrogen) atoms. The zero-order valence-corrected chi connectivity index (χ0v) is 13.0. The van der Waals surface area contributed by atoms with Crippen LogP contribution in [0.15, 0.2) is 30.3 Å². The van der Waals surface area contributed by atoms with Gasteiger partial charge >= 0.3 is 0 Å². The second-order valence-electron chi connectivity index (χ2n) is 6.04. The Kier molecular flexibility index (Phi) is 5.58. The summed E-state index contributed by atoms with van der Waals surface area (Å²) in [6.45, 7) is 7.38. The number of hydrogen-bond donors (Lipinski definition) is 1. The lowest BCUT2D eigenvalue weighted by Gasteiger charge is -2.42. The first-order valence-electron chi connectivity index (χ1n) is 7.69. The Morgan fingerprint density at radius 2 is 2.05 bits per heavy atom. The van der Waals surface area contributed by atoms with Gasteiger partial charge in [-0.1, -0.05) is 44.2 Å². The molecule has 4 unspecified atom stereocenters. The van der Waals surface area contributed by atoms with Crippen LogP contribution in [0.2, 0.25) is 0 Å². The molecule has 2 rings (SSSR count). The van der Waals surface area contributed by atoms with E-state index in [1.807, 2.05) is 7.11 Å². The highest BCUT2D eigenvalue weighted by Gasteiger charge is 2.32. The largest absolute Gasteiger partial charge is 0.380 e. The number of nitrogens with two attached hydrogens (primary N) is 1. The minimum absolute atomic E-state index is 0.334. The molecule has 112 valence electrons. The molecule has 0 aliphatic carbocycles. The predicted molar refractivity (Wildman–Crippen MR) is 83.9 cm³/mol. The lowest BCUT2D eigenvalue weighted by molar-refractivity contribution is -0.0208. The first kappa shape index (κ1) is 15.5. The first-order valence-corrected chi connectivity index (χ1v) is 7.69. The van der Waals surface area contributed by atoms with Crippen molar-refractivity contribution in [1.29, 1.82) is 0 Å². The van der Waals surface area contributed by atoms with Gasteiger partial charge in [-0.05, 0) is 30.4 Å². The molecule has 1 aliphatic rings. The summed E-state index contributed by atoms with van der Waals surface area (Å²) in [7, 11) is 1.82. The van der Waals surface area contributed by atoms with Crippen molar-refractivity contribution in [3.05, 3.63) is 35.9 Å². The Morgan fingerprint density at radius 1 is 1.35 bits per heavy atom. The summed E-state index contributed by atoms with van der Waals surface area (Å²) in [6, 6.07) is 11.1. The van der Waals surface area contributed by atoms with Crippen LogP contribution >= 0.6 is 0 Å². The third kappa shape index (κ3) is 3.40. The Bertz CT molecular complexity index is 395. The smallest absolute Gasteiger partial charge is 0.0724 e. The van der Waals surface area contributed by atoms with Crippen LogP contribution in [-0.2, 0) is 4.74 Å². The number of ether oxygens (including phenoxy) is 1. The van der Waals surface area contributed by atoms with Crippen molar-refractivity contribution < 1.29 is 4.74 Å². The van der Waals surface area contributed by atoms with Gasteiger partial charge in [-0.3, -0.25) is 4.90 Å². The van der Waals surface area contributed by atoms with E-state index < -0.39 is 0 Å². The number of rotatable bonds is 5. The van der Waals surface area contributed by atoms with E-state index >= 15 is 0 Å². The maximum absolute atomic E-state index is 6.08. The van der Waals surface area contributed by atoms with Crippen molar-refractivity contribution in [2.75, 3.05) is 26.7 Å². The van der Waals surface area contributed by atoms with Crippen molar-refractivity contribution in [2.45, 2.75) is 38.3 Å². The van der Waals surface area contributed by atoms with Gasteiger partial charge in [0.1, 0.15) is 0 Å². The van der Waals surface area contributed by atoms with Crippen molar-refractivity contribution in [1.82, 2.24) is 4.90 Å². The molecular formula is C17H28N2O. The lowest BCUT2D eigenvalue weighted by atomic mass is 9.88. The van der Waals surface area contributed by atoms with Gasteiger partial charge in [-0.2, -0.15) is 0 Å². The fraction of sp³-hybridized carbons (Fsp3) is 0.647. The van der Waals surface area contributed by atoms with E-state index in [0.717, 1.165) is 13.1 Å². The third-order valence-corrected chi connectivity index (χ3v) is 4.84. The minimum Gasteiger partial charge on any atom is -0.380 e. The Labute approximate surface area is 123 Å². The second-order valence-corrected chi connectivity index (χ2v) is 6.04. The molecular weight excluding hydrogens is 248 g/mol. The molecule has 0 spiro atoms. The van der Waals surface area contributed by atoms with Gasteiger partial charge in [0.05, 0.1) is 6.10 Å². The number of benzene rings is 1. The average Bonchev–Trinajstić information content (AvgIpc) is 2.50. The standard InChI is InChI=1S/C17H28N2O/c1-13-9-10-19(12-17(13)20-3)16(11-18)14(2)15-7-5-4-6-8-15/h4-8,13-14,16-17H,9-12,18H2,1-3H3. The Balaban J connectivity index is 2.08. The van der Waals surface area contributed by atoms with Crippen molar-refractivity contribution >= 4 is 0 Å². The molecule has 0 bridgehead atoms. The first-order chi connectivity index (χ1) is 9.67. The number of hydrogen-bond acceptors (Lipinski definition) is 3. The average molecular weight is 276 g/mol. The Hall–Kier alpha value is -0.900. The quantitative estimate of drug-likeness (QED) is 0.898. The molecule has 0 amide bonds. The summed E-state index contributed by atoms with van der Waals surface area (Å²) in [5.41, 5.74) is 7.45. The molecule has 4 atom stereocenters. The summed E-state index contributed by atoms with van der Waals surface area (Å²) in [5.74, 6) is 1.09. The molecule has 1 aliphatic heterocycles. The van der Waals surface area contributed by atoms with Crippen LogP contribution in [0, 0.1) is 5.92 Å². The molecule has 1 aromatic carbocycles. The highest BCUT2D eigenvalue weighted by Crippen LogP contribution is 2.27. The van der Waals surface area contributed by atoms with Gasteiger partial charge in [-0.25, -0.2) is 0 Å². The molecule has 0 saturated carbocycles. The van der Waals surface area contributed by atoms with E-state index in [-0.39, 0.29) is 0 Å². The molecule has 3 heteroatoms. The molecule has 0 radical (unpaired) electrons. The molecule has 1 fully saturated rings.